The Labute approximate surface area is 138 Å². The van der Waals surface area contributed by atoms with Gasteiger partial charge in [-0.2, -0.15) is 0 Å². The molecule has 122 valence electrons. The molecule has 2 aromatic rings. The van der Waals surface area contributed by atoms with Crippen molar-refractivity contribution in [2.75, 3.05) is 16.3 Å². The third-order valence-electron chi connectivity index (χ3n) is 2.90. The van der Waals surface area contributed by atoms with Crippen molar-refractivity contribution >= 4 is 38.9 Å². The van der Waals surface area contributed by atoms with Gasteiger partial charge in [-0.1, -0.05) is 29.8 Å². The average molecular weight is 357 g/mol. The number of carbonyl (C=O) groups is 1. The van der Waals surface area contributed by atoms with E-state index >= 15 is 0 Å². The van der Waals surface area contributed by atoms with E-state index in [4.69, 9.17) is 11.6 Å². The molecule has 0 heterocycles. The molecule has 1 amide bonds. The van der Waals surface area contributed by atoms with Crippen LogP contribution in [-0.4, -0.2) is 20.6 Å². The van der Waals surface area contributed by atoms with E-state index < -0.39 is 21.7 Å². The van der Waals surface area contributed by atoms with Crippen molar-refractivity contribution in [3.05, 3.63) is 58.9 Å². The summed E-state index contributed by atoms with van der Waals surface area (Å²) < 4.78 is 38.7. The second kappa shape index (κ2) is 6.97. The highest BCUT2D eigenvalue weighted by Crippen LogP contribution is 2.24. The number of anilines is 2. The van der Waals surface area contributed by atoms with Crippen molar-refractivity contribution in [1.29, 1.82) is 0 Å². The molecular weight excluding hydrogens is 343 g/mol. The largest absolute Gasteiger partial charge is 0.324 e. The molecule has 0 aromatic heterocycles. The van der Waals surface area contributed by atoms with Gasteiger partial charge < -0.3 is 5.32 Å². The van der Waals surface area contributed by atoms with E-state index in [-0.39, 0.29) is 28.4 Å². The Hall–Kier alpha value is -2.12. The number of halogens is 2. The van der Waals surface area contributed by atoms with Crippen molar-refractivity contribution in [3.63, 3.8) is 0 Å². The molecule has 0 saturated heterocycles. The predicted molar refractivity (Wildman–Crippen MR) is 88.7 cm³/mol. The summed E-state index contributed by atoms with van der Waals surface area (Å²) in [6.07, 6.45) is 0.740. The Morgan fingerprint density at radius 1 is 1.13 bits per heavy atom. The van der Waals surface area contributed by atoms with Gasteiger partial charge in [-0.25, -0.2) is 12.8 Å². The molecule has 23 heavy (non-hydrogen) atoms. The predicted octanol–water partition coefficient (Wildman–Crippen LogP) is 3.03. The Morgan fingerprint density at radius 2 is 1.78 bits per heavy atom. The summed E-state index contributed by atoms with van der Waals surface area (Å²) in [7, 11) is -3.49. The van der Waals surface area contributed by atoms with Crippen LogP contribution in [0.1, 0.15) is 5.56 Å². The Kier molecular flexibility index (Phi) is 5.23. The number of benzene rings is 2. The zero-order valence-corrected chi connectivity index (χ0v) is 13.7. The van der Waals surface area contributed by atoms with Crippen LogP contribution < -0.4 is 10.0 Å². The van der Waals surface area contributed by atoms with Crippen molar-refractivity contribution in [2.45, 2.75) is 6.42 Å². The molecule has 0 saturated carbocycles. The monoisotopic (exact) mass is 356 g/mol. The van der Waals surface area contributed by atoms with Gasteiger partial charge in [-0.15, -0.1) is 0 Å². The van der Waals surface area contributed by atoms with Crippen molar-refractivity contribution in [2.24, 2.45) is 0 Å². The Balaban J connectivity index is 2.18. The molecule has 2 aromatic carbocycles. The topological polar surface area (TPSA) is 75.3 Å². The normalized spacial score (nSPS) is 11.1. The molecule has 0 radical (unpaired) electrons. The van der Waals surface area contributed by atoms with Gasteiger partial charge in [0, 0.05) is 10.6 Å². The lowest BCUT2D eigenvalue weighted by atomic mass is 10.1. The lowest BCUT2D eigenvalue weighted by Crippen LogP contribution is -2.18. The maximum absolute atomic E-state index is 13.7. The Morgan fingerprint density at radius 3 is 2.39 bits per heavy atom. The van der Waals surface area contributed by atoms with Gasteiger partial charge in [0.05, 0.1) is 24.1 Å². The first-order chi connectivity index (χ1) is 10.8. The fourth-order valence-electron chi connectivity index (χ4n) is 1.94. The van der Waals surface area contributed by atoms with Gasteiger partial charge in [0.25, 0.3) is 0 Å². The van der Waals surface area contributed by atoms with Gasteiger partial charge in [0.2, 0.25) is 15.9 Å². The van der Waals surface area contributed by atoms with Crippen LogP contribution in [0.4, 0.5) is 15.8 Å². The zero-order chi connectivity index (χ0) is 17.0. The van der Waals surface area contributed by atoms with Crippen LogP contribution in [0.15, 0.2) is 42.5 Å². The van der Waals surface area contributed by atoms with Crippen LogP contribution in [0.2, 0.25) is 5.02 Å². The third kappa shape index (κ3) is 4.94. The summed E-state index contributed by atoms with van der Waals surface area (Å²) in [6.45, 7) is 0. The quantitative estimate of drug-likeness (QED) is 0.864. The molecule has 0 aliphatic carbocycles. The highest BCUT2D eigenvalue weighted by Gasteiger charge is 2.14. The fraction of sp³-hybridized carbons (Fsp3) is 0.133. The first kappa shape index (κ1) is 17.2. The molecular formula is C15H14ClFN2O3S. The number of hydrogen-bond donors (Lipinski definition) is 2. The first-order valence-corrected chi connectivity index (χ1v) is 8.83. The number of nitrogens with one attached hydrogen (secondary N) is 2. The minimum atomic E-state index is -3.49. The molecule has 8 heteroatoms. The molecule has 0 unspecified atom stereocenters. The molecule has 0 atom stereocenters. The van der Waals surface area contributed by atoms with Crippen LogP contribution in [0, 0.1) is 5.82 Å². The zero-order valence-electron chi connectivity index (χ0n) is 12.1. The summed E-state index contributed by atoms with van der Waals surface area (Å²) in [5.41, 5.74) is 0.582. The van der Waals surface area contributed by atoms with Crippen molar-refractivity contribution < 1.29 is 17.6 Å². The summed E-state index contributed by atoms with van der Waals surface area (Å²) in [5.74, 6) is -1.09. The molecule has 0 aliphatic heterocycles. The van der Waals surface area contributed by atoms with Crippen molar-refractivity contribution in [1.82, 2.24) is 0 Å². The first-order valence-electron chi connectivity index (χ1n) is 6.56. The molecule has 0 spiro atoms. The average Bonchev–Trinajstić information content (AvgIpc) is 2.44. The van der Waals surface area contributed by atoms with E-state index in [1.165, 1.54) is 30.3 Å². The minimum absolute atomic E-state index is 0.0835. The van der Waals surface area contributed by atoms with Crippen LogP contribution in [0.25, 0.3) is 0 Å². The number of rotatable bonds is 5. The molecule has 5 nitrogen and oxygen atoms in total. The molecule has 0 aliphatic rings. The molecule has 2 N–H and O–H groups in total. The van der Waals surface area contributed by atoms with Crippen LogP contribution >= 0.6 is 11.6 Å². The van der Waals surface area contributed by atoms with E-state index in [0.29, 0.717) is 0 Å². The standard InChI is InChI=1S/C15H14ClFN2O3S/c1-23(21,22)19-14-8-3-2-7-13(14)18-15(20)9-10-11(16)5-4-6-12(10)17/h2-8,19H,9H2,1H3,(H,18,20). The smallest absolute Gasteiger partial charge is 0.229 e. The van der Waals surface area contributed by atoms with E-state index in [1.807, 2.05) is 0 Å². The molecule has 0 bridgehead atoms. The fourth-order valence-corrected chi connectivity index (χ4v) is 2.74. The Bertz CT molecular complexity index is 820. The maximum atomic E-state index is 13.7. The van der Waals surface area contributed by atoms with E-state index in [2.05, 4.69) is 10.0 Å². The highest BCUT2D eigenvalue weighted by atomic mass is 35.5. The number of carbonyl (C=O) groups excluding carboxylic acids is 1. The molecule has 2 rings (SSSR count). The summed E-state index contributed by atoms with van der Waals surface area (Å²) in [5, 5.41) is 2.70. The van der Waals surface area contributed by atoms with Crippen molar-refractivity contribution in [3.8, 4) is 0 Å². The number of amides is 1. The minimum Gasteiger partial charge on any atom is -0.324 e. The van der Waals surface area contributed by atoms with Gasteiger partial charge in [0.1, 0.15) is 5.82 Å². The second-order valence-corrected chi connectivity index (χ2v) is 7.00. The molecule has 0 fully saturated rings. The maximum Gasteiger partial charge on any atom is 0.229 e. The number of para-hydroxylation sites is 2. The second-order valence-electron chi connectivity index (χ2n) is 4.84. The summed E-state index contributed by atoms with van der Waals surface area (Å²) >= 11 is 5.88. The third-order valence-corrected chi connectivity index (χ3v) is 3.84. The summed E-state index contributed by atoms with van der Waals surface area (Å²) in [6, 6.07) is 10.5. The van der Waals surface area contributed by atoms with Crippen LogP contribution in [-0.2, 0) is 21.2 Å². The van der Waals surface area contributed by atoms with Crippen LogP contribution in [0.5, 0.6) is 0 Å². The lowest BCUT2D eigenvalue weighted by molar-refractivity contribution is -0.115. The van der Waals surface area contributed by atoms with Gasteiger partial charge in [-0.05, 0) is 24.3 Å². The highest BCUT2D eigenvalue weighted by molar-refractivity contribution is 7.92. The van der Waals surface area contributed by atoms with Gasteiger partial charge >= 0.3 is 0 Å². The lowest BCUT2D eigenvalue weighted by Gasteiger charge is -2.12. The van der Waals surface area contributed by atoms with E-state index in [1.54, 1.807) is 12.1 Å². The van der Waals surface area contributed by atoms with Gasteiger partial charge in [0.15, 0.2) is 0 Å². The van der Waals surface area contributed by atoms with E-state index in [9.17, 15) is 17.6 Å². The number of hydrogen-bond acceptors (Lipinski definition) is 3. The summed E-state index contributed by atoms with van der Waals surface area (Å²) in [4.78, 5) is 12.1. The number of sulfonamides is 1. The van der Waals surface area contributed by atoms with Gasteiger partial charge in [-0.3, -0.25) is 9.52 Å². The van der Waals surface area contributed by atoms with Crippen LogP contribution in [0.3, 0.4) is 0 Å². The van der Waals surface area contributed by atoms with E-state index in [0.717, 1.165) is 6.26 Å². The SMILES string of the molecule is CS(=O)(=O)Nc1ccccc1NC(=O)Cc1c(F)cccc1Cl.